The molecule has 0 unspecified atom stereocenters. The molecule has 1 saturated heterocycles. The summed E-state index contributed by atoms with van der Waals surface area (Å²) in [5.74, 6) is -0.511. The lowest BCUT2D eigenvalue weighted by Gasteiger charge is -2.32. The van der Waals surface area contributed by atoms with Crippen molar-refractivity contribution in [3.63, 3.8) is 0 Å². The van der Waals surface area contributed by atoms with E-state index in [1.54, 1.807) is 4.90 Å². The lowest BCUT2D eigenvalue weighted by atomic mass is 10.0. The first-order valence-electron chi connectivity index (χ1n) is 10.6. The van der Waals surface area contributed by atoms with Crippen molar-refractivity contribution < 1.29 is 14.1 Å². The molecular weight excluding hydrogens is 472 g/mol. The number of amides is 2. The number of hydrogen-bond acceptors (Lipinski definition) is 5. The highest BCUT2D eigenvalue weighted by atomic mass is 79.9. The maximum Gasteiger partial charge on any atom is 0.274 e. The molecule has 0 saturated carbocycles. The molecule has 0 atom stereocenters. The second-order valence-electron chi connectivity index (χ2n) is 7.75. The van der Waals surface area contributed by atoms with Crippen molar-refractivity contribution >= 4 is 27.7 Å². The number of nitrogens with one attached hydrogen (secondary N) is 2. The van der Waals surface area contributed by atoms with Crippen molar-refractivity contribution in [2.45, 2.75) is 25.4 Å². The van der Waals surface area contributed by atoms with Gasteiger partial charge in [-0.2, -0.15) is 0 Å². The molecule has 0 radical (unpaired) electrons. The van der Waals surface area contributed by atoms with Crippen LogP contribution in [0.15, 0.2) is 69.9 Å². The van der Waals surface area contributed by atoms with Crippen LogP contribution in [0.1, 0.15) is 28.9 Å². The van der Waals surface area contributed by atoms with Gasteiger partial charge >= 0.3 is 0 Å². The van der Waals surface area contributed by atoms with Gasteiger partial charge in [0.05, 0.1) is 12.1 Å². The van der Waals surface area contributed by atoms with Gasteiger partial charge in [0, 0.05) is 30.1 Å². The molecule has 8 heteroatoms. The summed E-state index contributed by atoms with van der Waals surface area (Å²) in [7, 11) is 0. The van der Waals surface area contributed by atoms with Gasteiger partial charge in [0.25, 0.3) is 5.91 Å². The Bertz CT molecular complexity index is 1060. The fraction of sp³-hybridized carbons (Fsp3) is 0.292. The number of carbonyl (C=O) groups excluding carboxylic acids is 2. The molecule has 0 bridgehead atoms. The molecule has 1 fully saturated rings. The fourth-order valence-corrected chi connectivity index (χ4v) is 4.23. The van der Waals surface area contributed by atoms with Gasteiger partial charge in [-0.3, -0.25) is 9.59 Å². The Kier molecular flexibility index (Phi) is 7.34. The maximum atomic E-state index is 12.6. The number of benzene rings is 2. The van der Waals surface area contributed by atoms with Crippen molar-refractivity contribution in [1.82, 2.24) is 20.7 Å². The molecule has 7 nitrogen and oxygen atoms in total. The van der Waals surface area contributed by atoms with E-state index in [-0.39, 0.29) is 18.1 Å². The maximum absolute atomic E-state index is 12.6. The summed E-state index contributed by atoms with van der Waals surface area (Å²) < 4.78 is 6.10. The van der Waals surface area contributed by atoms with Crippen LogP contribution in [-0.2, 0) is 11.3 Å². The Balaban J connectivity index is 1.23. The Hall–Kier alpha value is -2.97. The number of halogens is 1. The smallest absolute Gasteiger partial charge is 0.274 e. The quantitative estimate of drug-likeness (QED) is 0.521. The Labute approximate surface area is 195 Å². The first-order valence-corrected chi connectivity index (χ1v) is 11.4. The van der Waals surface area contributed by atoms with Gasteiger partial charge in [-0.25, -0.2) is 0 Å². The lowest BCUT2D eigenvalue weighted by Crippen LogP contribution is -2.47. The highest BCUT2D eigenvalue weighted by Crippen LogP contribution is 2.22. The molecule has 0 aliphatic carbocycles. The molecule has 166 valence electrons. The minimum atomic E-state index is -0.420. The number of aromatic nitrogens is 1. The van der Waals surface area contributed by atoms with E-state index in [0.29, 0.717) is 24.7 Å². The zero-order valence-electron chi connectivity index (χ0n) is 17.6. The molecule has 0 spiro atoms. The van der Waals surface area contributed by atoms with Crippen LogP contribution in [0.2, 0.25) is 0 Å². The van der Waals surface area contributed by atoms with Gasteiger partial charge in [0.15, 0.2) is 5.69 Å². The summed E-state index contributed by atoms with van der Waals surface area (Å²) in [5, 5.41) is 10.1. The van der Waals surface area contributed by atoms with E-state index in [1.165, 1.54) is 11.8 Å². The SMILES string of the molecule is O=C(NCC(=O)N1CCC(NCc2ccccc2Br)CC1)c1nocc1-c1ccccc1. The van der Waals surface area contributed by atoms with Gasteiger partial charge in [0.1, 0.15) is 6.26 Å². The van der Waals surface area contributed by atoms with E-state index in [4.69, 9.17) is 4.52 Å². The van der Waals surface area contributed by atoms with Crippen molar-refractivity contribution in [3.05, 3.63) is 76.6 Å². The molecule has 32 heavy (non-hydrogen) atoms. The van der Waals surface area contributed by atoms with Gasteiger partial charge in [-0.15, -0.1) is 0 Å². The molecule has 2 amide bonds. The highest BCUT2D eigenvalue weighted by molar-refractivity contribution is 9.10. The minimum Gasteiger partial charge on any atom is -0.363 e. The van der Waals surface area contributed by atoms with E-state index in [1.807, 2.05) is 48.5 Å². The Morgan fingerprint density at radius 3 is 2.53 bits per heavy atom. The van der Waals surface area contributed by atoms with Crippen LogP contribution in [0, 0.1) is 0 Å². The molecule has 1 aromatic heterocycles. The third-order valence-corrected chi connectivity index (χ3v) is 6.43. The summed E-state index contributed by atoms with van der Waals surface area (Å²) in [6.45, 7) is 2.07. The normalized spacial score (nSPS) is 14.3. The minimum absolute atomic E-state index is 0.0605. The zero-order chi connectivity index (χ0) is 22.3. The number of nitrogens with zero attached hydrogens (tertiary/aromatic N) is 2. The number of carbonyl (C=O) groups is 2. The first-order chi connectivity index (χ1) is 15.6. The van der Waals surface area contributed by atoms with Crippen LogP contribution < -0.4 is 10.6 Å². The molecule has 4 rings (SSSR count). The average molecular weight is 497 g/mol. The van der Waals surface area contributed by atoms with Crippen molar-refractivity contribution in [2.24, 2.45) is 0 Å². The topological polar surface area (TPSA) is 87.5 Å². The Morgan fingerprint density at radius 2 is 1.78 bits per heavy atom. The van der Waals surface area contributed by atoms with Crippen LogP contribution in [0.25, 0.3) is 11.1 Å². The van der Waals surface area contributed by atoms with Gasteiger partial charge in [-0.05, 0) is 30.0 Å². The monoisotopic (exact) mass is 496 g/mol. The molecular formula is C24H25BrN4O3. The summed E-state index contributed by atoms with van der Waals surface area (Å²) in [4.78, 5) is 27.0. The second kappa shape index (κ2) is 10.6. The second-order valence-corrected chi connectivity index (χ2v) is 8.61. The molecule has 1 aliphatic heterocycles. The molecule has 1 aliphatic rings. The highest BCUT2D eigenvalue weighted by Gasteiger charge is 2.24. The molecule has 2 N–H and O–H groups in total. The summed E-state index contributed by atoms with van der Waals surface area (Å²) in [6, 6.07) is 17.9. The van der Waals surface area contributed by atoms with E-state index < -0.39 is 5.91 Å². The number of likely N-dealkylation sites (tertiary alicyclic amines) is 1. The number of rotatable bonds is 7. The largest absolute Gasteiger partial charge is 0.363 e. The lowest BCUT2D eigenvalue weighted by molar-refractivity contribution is -0.131. The first kappa shape index (κ1) is 22.2. The Morgan fingerprint density at radius 1 is 1.06 bits per heavy atom. The summed E-state index contributed by atoms with van der Waals surface area (Å²) >= 11 is 3.57. The molecule has 2 heterocycles. The third kappa shape index (κ3) is 5.44. The van der Waals surface area contributed by atoms with Gasteiger partial charge < -0.3 is 20.1 Å². The standard InChI is InChI=1S/C24H25BrN4O3/c25-21-9-5-4-8-18(21)14-26-19-10-12-29(13-11-19)22(30)15-27-24(31)23-20(16-32-28-23)17-6-2-1-3-7-17/h1-9,16,19,26H,10-15H2,(H,27,31). The predicted octanol–water partition coefficient (Wildman–Crippen LogP) is 3.61. The molecule has 3 aromatic rings. The van der Waals surface area contributed by atoms with Gasteiger partial charge in [-0.1, -0.05) is 69.6 Å². The zero-order valence-corrected chi connectivity index (χ0v) is 19.2. The van der Waals surface area contributed by atoms with Crippen molar-refractivity contribution in [1.29, 1.82) is 0 Å². The van der Waals surface area contributed by atoms with Crippen LogP contribution in [0.5, 0.6) is 0 Å². The van der Waals surface area contributed by atoms with Crippen LogP contribution in [-0.4, -0.2) is 47.5 Å². The molecule has 2 aromatic carbocycles. The third-order valence-electron chi connectivity index (χ3n) is 5.66. The van der Waals surface area contributed by atoms with E-state index in [9.17, 15) is 9.59 Å². The van der Waals surface area contributed by atoms with Gasteiger partial charge in [0.2, 0.25) is 5.91 Å². The van der Waals surface area contributed by atoms with Crippen LogP contribution in [0.3, 0.4) is 0 Å². The van der Waals surface area contributed by atoms with Crippen molar-refractivity contribution in [3.8, 4) is 11.1 Å². The average Bonchev–Trinajstić information content (AvgIpc) is 3.33. The van der Waals surface area contributed by atoms with Crippen LogP contribution >= 0.6 is 15.9 Å². The van der Waals surface area contributed by atoms with Crippen molar-refractivity contribution in [2.75, 3.05) is 19.6 Å². The van der Waals surface area contributed by atoms with E-state index >= 15 is 0 Å². The predicted molar refractivity (Wildman–Crippen MR) is 125 cm³/mol. The van der Waals surface area contributed by atoms with E-state index in [2.05, 4.69) is 37.8 Å². The number of piperidine rings is 1. The number of hydrogen-bond donors (Lipinski definition) is 2. The van der Waals surface area contributed by atoms with Crippen LogP contribution in [0.4, 0.5) is 0 Å². The van der Waals surface area contributed by atoms with E-state index in [0.717, 1.165) is 29.4 Å². The summed E-state index contributed by atoms with van der Waals surface area (Å²) in [6.07, 6.45) is 3.20. The fourth-order valence-electron chi connectivity index (χ4n) is 3.80. The summed E-state index contributed by atoms with van der Waals surface area (Å²) in [5.41, 5.74) is 2.84.